The highest BCUT2D eigenvalue weighted by molar-refractivity contribution is 7.88. The van der Waals surface area contributed by atoms with E-state index in [4.69, 9.17) is 0 Å². The molecule has 0 aliphatic carbocycles. The molecule has 1 heterocycles. The maximum atomic E-state index is 11.9. The van der Waals surface area contributed by atoms with Crippen LogP contribution in [0.25, 0.3) is 0 Å². The van der Waals surface area contributed by atoms with Gasteiger partial charge in [-0.3, -0.25) is 4.79 Å². The summed E-state index contributed by atoms with van der Waals surface area (Å²) in [4.78, 5) is 13.7. The van der Waals surface area contributed by atoms with Gasteiger partial charge in [0.1, 0.15) is 0 Å². The number of likely N-dealkylation sites (tertiary alicyclic amines) is 1. The molecule has 1 fully saturated rings. The summed E-state index contributed by atoms with van der Waals surface area (Å²) in [7, 11) is -3.15. The van der Waals surface area contributed by atoms with Crippen molar-refractivity contribution in [2.75, 3.05) is 25.9 Å². The van der Waals surface area contributed by atoms with Crippen LogP contribution >= 0.6 is 0 Å². The van der Waals surface area contributed by atoms with Crippen molar-refractivity contribution in [1.29, 1.82) is 0 Å². The number of nitrogens with zero attached hydrogens (tertiary/aromatic N) is 1. The minimum atomic E-state index is -3.15. The lowest BCUT2D eigenvalue weighted by Gasteiger charge is -2.32. The number of rotatable bonds is 6. The average Bonchev–Trinajstić information content (AvgIpc) is 2.34. The summed E-state index contributed by atoms with van der Waals surface area (Å²) in [6.07, 6.45) is 3.53. The molecule has 0 aromatic rings. The Labute approximate surface area is 116 Å². The second kappa shape index (κ2) is 7.21. The fraction of sp³-hybridized carbons (Fsp3) is 0.917. The summed E-state index contributed by atoms with van der Waals surface area (Å²) in [5.41, 5.74) is 0. The Balaban J connectivity index is 2.31. The van der Waals surface area contributed by atoms with E-state index in [1.165, 1.54) is 6.26 Å². The molecular formula is C12H25N3O3S. The summed E-state index contributed by atoms with van der Waals surface area (Å²) >= 11 is 0. The van der Waals surface area contributed by atoms with E-state index in [9.17, 15) is 13.2 Å². The summed E-state index contributed by atoms with van der Waals surface area (Å²) in [6.45, 7) is 5.72. The number of amides is 1. The number of carbonyl (C=O) groups is 1. The molecule has 19 heavy (non-hydrogen) atoms. The van der Waals surface area contributed by atoms with Gasteiger partial charge in [0, 0.05) is 25.2 Å². The molecule has 1 amide bonds. The maximum absolute atomic E-state index is 11.9. The van der Waals surface area contributed by atoms with Crippen LogP contribution in [0.2, 0.25) is 0 Å². The molecule has 0 aromatic heterocycles. The summed E-state index contributed by atoms with van der Waals surface area (Å²) in [5, 5.41) is 3.18. The standard InChI is InChI=1S/C12H25N3O3S/c1-4-10(2)13-9-12(16)15-7-5-11(6-8-15)14-19(3,17)18/h10-11,13-14H,4-9H2,1-3H3. The largest absolute Gasteiger partial charge is 0.341 e. The third-order valence-electron chi connectivity index (χ3n) is 3.44. The van der Waals surface area contributed by atoms with Gasteiger partial charge in [0.25, 0.3) is 0 Å². The van der Waals surface area contributed by atoms with Gasteiger partial charge < -0.3 is 10.2 Å². The molecule has 0 aromatic carbocycles. The summed E-state index contributed by atoms with van der Waals surface area (Å²) < 4.78 is 24.8. The van der Waals surface area contributed by atoms with Gasteiger partial charge in [0.05, 0.1) is 12.8 Å². The van der Waals surface area contributed by atoms with Crippen LogP contribution in [0, 0.1) is 0 Å². The molecule has 1 aliphatic heterocycles. The van der Waals surface area contributed by atoms with Crippen LogP contribution in [0.5, 0.6) is 0 Å². The fourth-order valence-electron chi connectivity index (χ4n) is 2.07. The van der Waals surface area contributed by atoms with Crippen LogP contribution in [0.3, 0.4) is 0 Å². The van der Waals surface area contributed by atoms with E-state index in [1.807, 2.05) is 0 Å². The normalized spacial score (nSPS) is 19.4. The van der Waals surface area contributed by atoms with Crippen LogP contribution in [-0.2, 0) is 14.8 Å². The Hall–Kier alpha value is -0.660. The molecule has 0 spiro atoms. The SMILES string of the molecule is CCC(C)NCC(=O)N1CCC(NS(C)(=O)=O)CC1. The van der Waals surface area contributed by atoms with E-state index < -0.39 is 10.0 Å². The minimum Gasteiger partial charge on any atom is -0.341 e. The van der Waals surface area contributed by atoms with Gasteiger partial charge in [0.15, 0.2) is 0 Å². The van der Waals surface area contributed by atoms with Gasteiger partial charge in [-0.2, -0.15) is 0 Å². The number of carbonyl (C=O) groups excluding carboxylic acids is 1. The molecule has 1 atom stereocenters. The molecule has 1 rings (SSSR count). The quantitative estimate of drug-likeness (QED) is 0.717. The number of hydrogen-bond acceptors (Lipinski definition) is 4. The van der Waals surface area contributed by atoms with Gasteiger partial charge in [-0.1, -0.05) is 6.92 Å². The van der Waals surface area contributed by atoms with Gasteiger partial charge in [-0.05, 0) is 26.2 Å². The predicted octanol–water partition coefficient (Wildman–Crippen LogP) is -0.0853. The van der Waals surface area contributed by atoms with E-state index in [0.717, 1.165) is 6.42 Å². The molecule has 6 nitrogen and oxygen atoms in total. The topological polar surface area (TPSA) is 78.5 Å². The number of sulfonamides is 1. The Morgan fingerprint density at radius 3 is 2.42 bits per heavy atom. The molecule has 2 N–H and O–H groups in total. The fourth-order valence-corrected chi connectivity index (χ4v) is 2.91. The van der Waals surface area contributed by atoms with E-state index in [2.05, 4.69) is 23.9 Å². The van der Waals surface area contributed by atoms with Crippen molar-refractivity contribution in [1.82, 2.24) is 14.9 Å². The molecule has 1 unspecified atom stereocenters. The van der Waals surface area contributed by atoms with Crippen LogP contribution < -0.4 is 10.0 Å². The third kappa shape index (κ3) is 6.35. The average molecular weight is 291 g/mol. The van der Waals surface area contributed by atoms with Crippen molar-refractivity contribution in [2.45, 2.75) is 45.2 Å². The Morgan fingerprint density at radius 2 is 1.95 bits per heavy atom. The lowest BCUT2D eigenvalue weighted by atomic mass is 10.1. The molecular weight excluding hydrogens is 266 g/mol. The monoisotopic (exact) mass is 291 g/mol. The predicted molar refractivity (Wildman–Crippen MR) is 75.3 cm³/mol. The van der Waals surface area contributed by atoms with Gasteiger partial charge >= 0.3 is 0 Å². The lowest BCUT2D eigenvalue weighted by molar-refractivity contribution is -0.131. The van der Waals surface area contributed by atoms with Gasteiger partial charge in [-0.15, -0.1) is 0 Å². The first-order valence-electron chi connectivity index (χ1n) is 6.80. The zero-order valence-electron chi connectivity index (χ0n) is 12.0. The summed E-state index contributed by atoms with van der Waals surface area (Å²) in [5.74, 6) is 0.0955. The molecule has 0 bridgehead atoms. The van der Waals surface area contributed by atoms with Crippen molar-refractivity contribution < 1.29 is 13.2 Å². The van der Waals surface area contributed by atoms with Crippen molar-refractivity contribution >= 4 is 15.9 Å². The highest BCUT2D eigenvalue weighted by atomic mass is 32.2. The second-order valence-electron chi connectivity index (χ2n) is 5.24. The molecule has 1 saturated heterocycles. The molecule has 7 heteroatoms. The van der Waals surface area contributed by atoms with Crippen molar-refractivity contribution in [3.63, 3.8) is 0 Å². The Morgan fingerprint density at radius 1 is 1.37 bits per heavy atom. The Kier molecular flexibility index (Phi) is 6.22. The summed E-state index contributed by atoms with van der Waals surface area (Å²) in [6, 6.07) is 0.301. The van der Waals surface area contributed by atoms with E-state index in [0.29, 0.717) is 38.5 Å². The van der Waals surface area contributed by atoms with Crippen LogP contribution in [0.1, 0.15) is 33.1 Å². The van der Waals surface area contributed by atoms with Crippen LogP contribution in [0.4, 0.5) is 0 Å². The number of piperidine rings is 1. The van der Waals surface area contributed by atoms with Crippen LogP contribution in [-0.4, -0.2) is 57.2 Å². The zero-order valence-corrected chi connectivity index (χ0v) is 12.8. The molecule has 112 valence electrons. The first-order valence-corrected chi connectivity index (χ1v) is 8.69. The minimum absolute atomic E-state index is 0.0402. The second-order valence-corrected chi connectivity index (χ2v) is 7.02. The highest BCUT2D eigenvalue weighted by Gasteiger charge is 2.24. The number of nitrogens with one attached hydrogen (secondary N) is 2. The van der Waals surface area contributed by atoms with Gasteiger partial charge in [-0.25, -0.2) is 13.1 Å². The van der Waals surface area contributed by atoms with E-state index in [-0.39, 0.29) is 11.9 Å². The first kappa shape index (κ1) is 16.4. The maximum Gasteiger partial charge on any atom is 0.236 e. The third-order valence-corrected chi connectivity index (χ3v) is 4.20. The van der Waals surface area contributed by atoms with E-state index in [1.54, 1.807) is 4.90 Å². The Bertz CT molecular complexity index is 389. The van der Waals surface area contributed by atoms with Crippen molar-refractivity contribution in [2.24, 2.45) is 0 Å². The van der Waals surface area contributed by atoms with Crippen LogP contribution in [0.15, 0.2) is 0 Å². The molecule has 1 aliphatic rings. The highest BCUT2D eigenvalue weighted by Crippen LogP contribution is 2.11. The van der Waals surface area contributed by atoms with E-state index >= 15 is 0 Å². The first-order chi connectivity index (χ1) is 8.81. The zero-order chi connectivity index (χ0) is 14.5. The number of hydrogen-bond donors (Lipinski definition) is 2. The molecule has 0 radical (unpaired) electrons. The van der Waals surface area contributed by atoms with Gasteiger partial charge in [0.2, 0.25) is 15.9 Å². The van der Waals surface area contributed by atoms with Crippen molar-refractivity contribution in [3.8, 4) is 0 Å². The molecule has 0 saturated carbocycles. The van der Waals surface area contributed by atoms with Crippen molar-refractivity contribution in [3.05, 3.63) is 0 Å². The lowest BCUT2D eigenvalue weighted by Crippen LogP contribution is -2.48. The smallest absolute Gasteiger partial charge is 0.236 e.